The highest BCUT2D eigenvalue weighted by atomic mass is 16.5. The van der Waals surface area contributed by atoms with E-state index in [0.717, 1.165) is 51.7 Å². The molecule has 0 amide bonds. The predicted molar refractivity (Wildman–Crippen MR) is 161 cm³/mol. The van der Waals surface area contributed by atoms with E-state index < -0.39 is 0 Å². The lowest BCUT2D eigenvalue weighted by atomic mass is 10.0. The molecule has 1 N–H and O–H groups in total. The number of hydrogen-bond acceptors (Lipinski definition) is 4. The summed E-state index contributed by atoms with van der Waals surface area (Å²) in [6, 6.07) is 0. The van der Waals surface area contributed by atoms with Gasteiger partial charge in [-0.25, -0.2) is 0 Å². The maximum absolute atomic E-state index is 12.6. The minimum Gasteiger partial charge on any atom is -0.462 e. The second-order valence-corrected chi connectivity index (χ2v) is 11.4. The number of carbonyl (C=O) groups excluding carboxylic acids is 1. The fourth-order valence-corrected chi connectivity index (χ4v) is 5.19. The first-order chi connectivity index (χ1) is 18.2. The van der Waals surface area contributed by atoms with Crippen molar-refractivity contribution >= 4 is 5.97 Å². The molecular weight excluding hydrogens is 458 g/mol. The Bertz CT molecular complexity index is 441. The lowest BCUT2D eigenvalue weighted by Gasteiger charge is -2.21. The van der Waals surface area contributed by atoms with Gasteiger partial charge in [-0.15, -0.1) is 0 Å². The Hall–Kier alpha value is -0.610. The van der Waals surface area contributed by atoms with E-state index in [0.29, 0.717) is 6.42 Å². The van der Waals surface area contributed by atoms with Crippen LogP contribution in [0.15, 0.2) is 0 Å². The van der Waals surface area contributed by atoms with Crippen molar-refractivity contribution in [2.45, 2.75) is 181 Å². The number of rotatable bonds is 30. The van der Waals surface area contributed by atoms with Crippen molar-refractivity contribution in [2.75, 3.05) is 26.2 Å². The molecule has 0 fully saturated rings. The first kappa shape index (κ1) is 36.4. The summed E-state index contributed by atoms with van der Waals surface area (Å²) in [5.41, 5.74) is 0. The largest absolute Gasteiger partial charge is 0.462 e. The summed E-state index contributed by atoms with van der Waals surface area (Å²) < 4.78 is 5.98. The lowest BCUT2D eigenvalue weighted by Crippen LogP contribution is -2.29. The summed E-state index contributed by atoms with van der Waals surface area (Å²) in [5.74, 6) is 0.0151. The van der Waals surface area contributed by atoms with Crippen LogP contribution in [-0.2, 0) is 9.53 Å². The highest BCUT2D eigenvalue weighted by Crippen LogP contribution is 2.18. The fourth-order valence-electron chi connectivity index (χ4n) is 5.19. The molecule has 0 rings (SSSR count). The van der Waals surface area contributed by atoms with Gasteiger partial charge in [0.2, 0.25) is 0 Å². The van der Waals surface area contributed by atoms with Crippen LogP contribution < -0.4 is 0 Å². The average molecular weight is 526 g/mol. The van der Waals surface area contributed by atoms with Crippen molar-refractivity contribution in [2.24, 2.45) is 0 Å². The third-order valence-electron chi connectivity index (χ3n) is 7.66. The summed E-state index contributed by atoms with van der Waals surface area (Å²) in [4.78, 5) is 15.0. The molecule has 4 heteroatoms. The summed E-state index contributed by atoms with van der Waals surface area (Å²) in [5, 5.41) is 9.40. The number of aliphatic hydroxyl groups excluding tert-OH is 1. The van der Waals surface area contributed by atoms with Crippen LogP contribution in [0.1, 0.15) is 175 Å². The van der Waals surface area contributed by atoms with Crippen molar-refractivity contribution in [3.8, 4) is 0 Å². The van der Waals surface area contributed by atoms with E-state index in [1.807, 2.05) is 0 Å². The van der Waals surface area contributed by atoms with Crippen LogP contribution >= 0.6 is 0 Å². The number of hydrogen-bond donors (Lipinski definition) is 1. The van der Waals surface area contributed by atoms with E-state index in [4.69, 9.17) is 4.74 Å². The SMILES string of the molecule is CCCCCCCCC(CCCCCCCC)OC(=O)CCCCCN(CCO)CCCCCCCC. The van der Waals surface area contributed by atoms with Gasteiger partial charge in [0.25, 0.3) is 0 Å². The Kier molecular flexibility index (Phi) is 29.4. The minimum atomic E-state index is 0.0151. The number of carbonyl (C=O) groups is 1. The molecule has 0 aromatic heterocycles. The molecule has 0 bridgehead atoms. The number of ether oxygens (including phenoxy) is 1. The van der Waals surface area contributed by atoms with E-state index in [1.54, 1.807) is 0 Å². The molecule has 222 valence electrons. The Labute approximate surface area is 232 Å². The van der Waals surface area contributed by atoms with Crippen LogP contribution in [0.25, 0.3) is 0 Å². The lowest BCUT2D eigenvalue weighted by molar-refractivity contribution is -0.150. The molecule has 0 unspecified atom stereocenters. The van der Waals surface area contributed by atoms with Crippen LogP contribution in [0.4, 0.5) is 0 Å². The number of aliphatic hydroxyl groups is 1. The van der Waals surface area contributed by atoms with E-state index >= 15 is 0 Å². The average Bonchev–Trinajstić information content (AvgIpc) is 2.89. The number of esters is 1. The molecule has 0 aliphatic carbocycles. The van der Waals surface area contributed by atoms with Gasteiger partial charge in [-0.3, -0.25) is 4.79 Å². The zero-order valence-electron chi connectivity index (χ0n) is 25.6. The third kappa shape index (κ3) is 26.8. The Morgan fingerprint density at radius 3 is 1.43 bits per heavy atom. The van der Waals surface area contributed by atoms with Crippen molar-refractivity contribution in [3.05, 3.63) is 0 Å². The molecule has 0 aliphatic heterocycles. The van der Waals surface area contributed by atoms with Gasteiger partial charge in [0.1, 0.15) is 6.10 Å². The molecule has 0 saturated carbocycles. The van der Waals surface area contributed by atoms with Gasteiger partial charge in [0, 0.05) is 13.0 Å². The molecule has 0 aromatic carbocycles. The van der Waals surface area contributed by atoms with Crippen LogP contribution in [0.3, 0.4) is 0 Å². The van der Waals surface area contributed by atoms with E-state index in [9.17, 15) is 9.90 Å². The maximum Gasteiger partial charge on any atom is 0.306 e. The standard InChI is InChI=1S/C33H67NO3/c1-4-7-10-13-16-20-25-32(26-21-17-14-11-8-5-2)37-33(36)27-22-19-24-29-34(30-31-35)28-23-18-15-12-9-6-3/h32,35H,4-31H2,1-3H3. The molecule has 0 aromatic rings. The predicted octanol–water partition coefficient (Wildman–Crippen LogP) is 9.61. The molecule has 0 saturated heterocycles. The van der Waals surface area contributed by atoms with Gasteiger partial charge in [-0.2, -0.15) is 0 Å². The number of unbranched alkanes of at least 4 members (excludes halogenated alkanes) is 17. The van der Waals surface area contributed by atoms with Gasteiger partial charge >= 0.3 is 5.97 Å². The topological polar surface area (TPSA) is 49.8 Å². The second kappa shape index (κ2) is 29.9. The van der Waals surface area contributed by atoms with Crippen LogP contribution in [-0.4, -0.2) is 48.3 Å². The zero-order chi connectivity index (χ0) is 27.2. The Morgan fingerprint density at radius 2 is 0.973 bits per heavy atom. The van der Waals surface area contributed by atoms with Gasteiger partial charge in [0.15, 0.2) is 0 Å². The van der Waals surface area contributed by atoms with Crippen molar-refractivity contribution in [1.29, 1.82) is 0 Å². The normalized spacial score (nSPS) is 11.6. The second-order valence-electron chi connectivity index (χ2n) is 11.4. The minimum absolute atomic E-state index is 0.0151. The molecule has 0 radical (unpaired) electrons. The first-order valence-electron chi connectivity index (χ1n) is 16.7. The molecular formula is C33H67NO3. The van der Waals surface area contributed by atoms with E-state index in [1.165, 1.54) is 116 Å². The molecule has 37 heavy (non-hydrogen) atoms. The van der Waals surface area contributed by atoms with E-state index in [2.05, 4.69) is 25.7 Å². The van der Waals surface area contributed by atoms with Crippen LogP contribution in [0, 0.1) is 0 Å². The molecule has 0 atom stereocenters. The van der Waals surface area contributed by atoms with Gasteiger partial charge in [-0.1, -0.05) is 124 Å². The van der Waals surface area contributed by atoms with Gasteiger partial charge < -0.3 is 14.7 Å². The van der Waals surface area contributed by atoms with Crippen LogP contribution in [0.5, 0.6) is 0 Å². The van der Waals surface area contributed by atoms with Crippen molar-refractivity contribution in [1.82, 2.24) is 4.90 Å². The summed E-state index contributed by atoms with van der Waals surface area (Å²) in [6.07, 6.45) is 29.2. The quantitative estimate of drug-likeness (QED) is 0.0749. The highest BCUT2D eigenvalue weighted by Gasteiger charge is 2.14. The Morgan fingerprint density at radius 1 is 0.568 bits per heavy atom. The zero-order valence-corrected chi connectivity index (χ0v) is 25.6. The van der Waals surface area contributed by atoms with Crippen LogP contribution in [0.2, 0.25) is 0 Å². The first-order valence-corrected chi connectivity index (χ1v) is 16.7. The molecule has 0 spiro atoms. The van der Waals surface area contributed by atoms with Crippen molar-refractivity contribution in [3.63, 3.8) is 0 Å². The van der Waals surface area contributed by atoms with Gasteiger partial charge in [0.05, 0.1) is 6.61 Å². The van der Waals surface area contributed by atoms with Gasteiger partial charge in [-0.05, 0) is 58.0 Å². The summed E-state index contributed by atoms with van der Waals surface area (Å²) >= 11 is 0. The fraction of sp³-hybridized carbons (Fsp3) is 0.970. The smallest absolute Gasteiger partial charge is 0.306 e. The molecule has 0 aliphatic rings. The third-order valence-corrected chi connectivity index (χ3v) is 7.66. The molecule has 4 nitrogen and oxygen atoms in total. The molecule has 0 heterocycles. The van der Waals surface area contributed by atoms with Crippen molar-refractivity contribution < 1.29 is 14.6 Å². The maximum atomic E-state index is 12.6. The number of nitrogens with zero attached hydrogens (tertiary/aromatic N) is 1. The summed E-state index contributed by atoms with van der Waals surface area (Å²) in [6.45, 7) is 9.91. The summed E-state index contributed by atoms with van der Waals surface area (Å²) in [7, 11) is 0. The van der Waals surface area contributed by atoms with E-state index in [-0.39, 0.29) is 18.7 Å². The highest BCUT2D eigenvalue weighted by molar-refractivity contribution is 5.69. The monoisotopic (exact) mass is 526 g/mol. The Balaban J connectivity index is 4.14.